The Hall–Kier alpha value is -3.71. The fourth-order valence-electron chi connectivity index (χ4n) is 4.36. The number of nitrogen functional groups attached to an aromatic ring is 1. The number of anilines is 1. The van der Waals surface area contributed by atoms with Gasteiger partial charge in [-0.2, -0.15) is 17.5 Å². The predicted octanol–water partition coefficient (Wildman–Crippen LogP) is 0.549. The first-order chi connectivity index (χ1) is 18.9. The number of aromatic nitrogens is 7. The maximum absolute atomic E-state index is 13.0. The minimum absolute atomic E-state index is 0.0153. The summed E-state index contributed by atoms with van der Waals surface area (Å²) in [5, 5.41) is 29.2. The number of aliphatic hydroxyl groups is 2. The molecule has 1 saturated heterocycles. The first-order valence-electron chi connectivity index (χ1n) is 11.9. The quantitative estimate of drug-likeness (QED) is 0.263. The monoisotopic (exact) mass is 583 g/mol. The van der Waals surface area contributed by atoms with E-state index in [0.717, 1.165) is 16.4 Å². The highest BCUT2D eigenvalue weighted by atomic mass is 32.2. The molecule has 4 atom stereocenters. The lowest BCUT2D eigenvalue weighted by Gasteiger charge is -2.19. The Kier molecular flexibility index (Phi) is 7.21. The van der Waals surface area contributed by atoms with Crippen molar-refractivity contribution in [3.05, 3.63) is 54.4 Å². The van der Waals surface area contributed by atoms with Crippen molar-refractivity contribution in [3.8, 4) is 0 Å². The van der Waals surface area contributed by atoms with E-state index in [2.05, 4.69) is 25.3 Å². The molecule has 4 heterocycles. The van der Waals surface area contributed by atoms with Crippen LogP contribution >= 0.6 is 0 Å². The van der Waals surface area contributed by atoms with E-state index in [0.29, 0.717) is 23.3 Å². The minimum Gasteiger partial charge on any atom is -0.387 e. The van der Waals surface area contributed by atoms with Crippen molar-refractivity contribution in [3.63, 3.8) is 0 Å². The van der Waals surface area contributed by atoms with E-state index in [1.165, 1.54) is 28.1 Å². The minimum atomic E-state index is -4.59. The van der Waals surface area contributed by atoms with Crippen molar-refractivity contribution >= 4 is 27.0 Å². The fraction of sp³-hybridized carbons (Fsp3) is 0.409. The first kappa shape index (κ1) is 27.8. The van der Waals surface area contributed by atoms with E-state index in [4.69, 9.17) is 10.5 Å². The Morgan fingerprint density at radius 1 is 1.12 bits per heavy atom. The fourth-order valence-corrected chi connectivity index (χ4v) is 5.78. The molecule has 0 aliphatic carbocycles. The molecule has 1 aliphatic heterocycles. The molecule has 3 aromatic heterocycles. The van der Waals surface area contributed by atoms with Crippen LogP contribution < -0.4 is 5.73 Å². The van der Waals surface area contributed by atoms with Gasteiger partial charge in [0.25, 0.3) is 0 Å². The highest BCUT2D eigenvalue weighted by molar-refractivity contribution is 7.89. The third kappa shape index (κ3) is 5.10. The van der Waals surface area contributed by atoms with E-state index >= 15 is 0 Å². The predicted molar refractivity (Wildman–Crippen MR) is 130 cm³/mol. The highest BCUT2D eigenvalue weighted by Gasteiger charge is 2.44. The van der Waals surface area contributed by atoms with E-state index in [-0.39, 0.29) is 36.0 Å². The van der Waals surface area contributed by atoms with Crippen LogP contribution in [0.2, 0.25) is 0 Å². The number of ether oxygens (including phenoxy) is 1. The summed E-state index contributed by atoms with van der Waals surface area (Å²) in [6, 6.07) is 3.23. The maximum atomic E-state index is 13.0. The lowest BCUT2D eigenvalue weighted by atomic mass is 10.1. The van der Waals surface area contributed by atoms with Gasteiger partial charge in [-0.3, -0.25) is 4.57 Å². The topological polar surface area (TPSA) is 187 Å². The number of nitrogens with two attached hydrogens (primary N) is 1. The maximum Gasteiger partial charge on any atom is 0.416 e. The van der Waals surface area contributed by atoms with Gasteiger partial charge in [-0.05, 0) is 24.3 Å². The van der Waals surface area contributed by atoms with Gasteiger partial charge in [0.1, 0.15) is 30.2 Å². The number of imidazole rings is 1. The molecule has 0 saturated carbocycles. The molecule has 40 heavy (non-hydrogen) atoms. The SMILES string of the molecule is CCN(Cc1cn(C[C@H]2O[C@@H](n3cnc4c(N)ncnc43)[C@H](O)[C@@H]2O)nn1)S(=O)(=O)c1ccc(C(F)(F)F)cc1. The van der Waals surface area contributed by atoms with Gasteiger partial charge in [-0.25, -0.2) is 28.1 Å². The van der Waals surface area contributed by atoms with Crippen molar-refractivity contribution in [2.24, 2.45) is 0 Å². The molecule has 214 valence electrons. The van der Waals surface area contributed by atoms with Crippen molar-refractivity contribution < 1.29 is 36.5 Å². The summed E-state index contributed by atoms with van der Waals surface area (Å²) in [4.78, 5) is 11.8. The van der Waals surface area contributed by atoms with Gasteiger partial charge in [-0.1, -0.05) is 12.1 Å². The molecule has 0 radical (unpaired) electrons. The average Bonchev–Trinajstić information content (AvgIpc) is 3.62. The molecule has 14 nitrogen and oxygen atoms in total. The second-order valence-corrected chi connectivity index (χ2v) is 11.0. The molecule has 1 aromatic carbocycles. The molecule has 4 aromatic rings. The van der Waals surface area contributed by atoms with Crippen molar-refractivity contribution in [1.82, 2.24) is 38.8 Å². The standard InChI is InChI=1S/C22H24F3N9O5S/c1-2-33(40(37,38)14-5-3-12(4-6-14)22(23,24)25)8-13-7-32(31-30-13)9-15-17(35)18(36)21(39-15)34-11-29-16-19(26)27-10-28-20(16)34/h3-7,10-11,15,17-18,21,35-36H,2,8-9H2,1H3,(H2,26,27,28)/t15-,17-,18-,21-/m1/s1. The summed E-state index contributed by atoms with van der Waals surface area (Å²) < 4.78 is 74.4. The zero-order valence-corrected chi connectivity index (χ0v) is 21.6. The smallest absolute Gasteiger partial charge is 0.387 e. The van der Waals surface area contributed by atoms with E-state index in [1.54, 1.807) is 6.92 Å². The molecule has 0 unspecified atom stereocenters. The second-order valence-electron chi connectivity index (χ2n) is 9.01. The van der Waals surface area contributed by atoms with Crippen LogP contribution in [0, 0.1) is 0 Å². The van der Waals surface area contributed by atoms with Crippen molar-refractivity contribution in [2.45, 2.75) is 55.6 Å². The molecule has 0 spiro atoms. The van der Waals surface area contributed by atoms with E-state index in [9.17, 15) is 31.8 Å². The van der Waals surface area contributed by atoms with Crippen LogP contribution in [0.15, 0.2) is 48.0 Å². The largest absolute Gasteiger partial charge is 0.416 e. The van der Waals surface area contributed by atoms with Crippen LogP contribution in [0.1, 0.15) is 24.4 Å². The van der Waals surface area contributed by atoms with Crippen molar-refractivity contribution in [1.29, 1.82) is 0 Å². The van der Waals surface area contributed by atoms with Crippen LogP contribution in [0.3, 0.4) is 0 Å². The molecular formula is C22H24F3N9O5S. The van der Waals surface area contributed by atoms with Gasteiger partial charge in [0, 0.05) is 12.7 Å². The summed E-state index contributed by atoms with van der Waals surface area (Å²) in [7, 11) is -4.13. The molecule has 18 heteroatoms. The Balaban J connectivity index is 1.28. The molecule has 0 amide bonds. The van der Waals surface area contributed by atoms with Crippen molar-refractivity contribution in [2.75, 3.05) is 12.3 Å². The molecule has 4 N–H and O–H groups in total. The molecule has 1 fully saturated rings. The molecule has 5 rings (SSSR count). The lowest BCUT2D eigenvalue weighted by Crippen LogP contribution is -2.33. The number of halogens is 3. The van der Waals surface area contributed by atoms with Crippen LogP contribution in [-0.4, -0.2) is 82.3 Å². The summed E-state index contributed by atoms with van der Waals surface area (Å²) in [6.45, 7) is 1.35. The lowest BCUT2D eigenvalue weighted by molar-refractivity contribution is -0.137. The number of aliphatic hydroxyl groups excluding tert-OH is 2. The summed E-state index contributed by atoms with van der Waals surface area (Å²) >= 11 is 0. The average molecular weight is 584 g/mol. The number of nitrogens with zero attached hydrogens (tertiary/aromatic N) is 8. The Bertz CT molecular complexity index is 1610. The van der Waals surface area contributed by atoms with E-state index in [1.807, 2.05) is 0 Å². The Morgan fingerprint density at radius 3 is 2.52 bits per heavy atom. The summed E-state index contributed by atoms with van der Waals surface area (Å²) in [5.41, 5.74) is 5.71. The molecule has 0 bridgehead atoms. The third-order valence-corrected chi connectivity index (χ3v) is 8.40. The molecule has 1 aliphatic rings. The number of hydrogen-bond acceptors (Lipinski definition) is 11. The number of sulfonamides is 1. The Labute approximate surface area is 224 Å². The number of rotatable bonds is 8. The number of fused-ring (bicyclic) bond motifs is 1. The molecular weight excluding hydrogens is 559 g/mol. The van der Waals surface area contributed by atoms with Gasteiger partial charge < -0.3 is 20.7 Å². The van der Waals surface area contributed by atoms with Gasteiger partial charge in [-0.15, -0.1) is 5.10 Å². The zero-order chi connectivity index (χ0) is 28.8. The number of alkyl halides is 3. The van der Waals surface area contributed by atoms with Gasteiger partial charge in [0.2, 0.25) is 10.0 Å². The van der Waals surface area contributed by atoms with Gasteiger partial charge in [0.15, 0.2) is 17.7 Å². The van der Waals surface area contributed by atoms with Crippen LogP contribution in [0.25, 0.3) is 11.2 Å². The first-order valence-corrected chi connectivity index (χ1v) is 13.3. The second kappa shape index (κ2) is 10.4. The number of hydrogen-bond donors (Lipinski definition) is 3. The summed E-state index contributed by atoms with van der Waals surface area (Å²) in [5.74, 6) is 0.143. The van der Waals surface area contributed by atoms with E-state index < -0.39 is 46.3 Å². The summed E-state index contributed by atoms with van der Waals surface area (Å²) in [6.07, 6.45) is -5.17. The number of benzene rings is 1. The van der Waals surface area contributed by atoms with Crippen LogP contribution in [0.4, 0.5) is 19.0 Å². The van der Waals surface area contributed by atoms with Crippen LogP contribution in [0.5, 0.6) is 0 Å². The third-order valence-electron chi connectivity index (χ3n) is 6.46. The normalized spacial score (nSPS) is 22.0. The highest BCUT2D eigenvalue weighted by Crippen LogP contribution is 2.33. The van der Waals surface area contributed by atoms with Crippen LogP contribution in [-0.2, 0) is 34.0 Å². The van der Waals surface area contributed by atoms with Gasteiger partial charge in [0.05, 0.1) is 35.6 Å². The zero-order valence-electron chi connectivity index (χ0n) is 20.8. The van der Waals surface area contributed by atoms with Gasteiger partial charge >= 0.3 is 6.18 Å². The Morgan fingerprint density at radius 2 is 1.85 bits per heavy atom.